The van der Waals surface area contributed by atoms with E-state index in [2.05, 4.69) is 0 Å². The van der Waals surface area contributed by atoms with Gasteiger partial charge < -0.3 is 10.0 Å². The summed E-state index contributed by atoms with van der Waals surface area (Å²) >= 11 is 1.57. The Morgan fingerprint density at radius 1 is 1.25 bits per heavy atom. The van der Waals surface area contributed by atoms with Gasteiger partial charge in [-0.25, -0.2) is 0 Å². The van der Waals surface area contributed by atoms with Crippen molar-refractivity contribution < 1.29 is 14.7 Å². The van der Waals surface area contributed by atoms with E-state index in [9.17, 15) is 9.59 Å². The summed E-state index contributed by atoms with van der Waals surface area (Å²) in [5.41, 5.74) is 1.44. The third kappa shape index (κ3) is 2.20. The van der Waals surface area contributed by atoms with Gasteiger partial charge in [-0.2, -0.15) is 0 Å². The molecule has 2 aromatic rings. The topological polar surface area (TPSA) is 57.6 Å². The molecule has 0 spiro atoms. The van der Waals surface area contributed by atoms with E-state index >= 15 is 0 Å². The second-order valence-corrected chi connectivity index (χ2v) is 5.75. The predicted octanol–water partition coefficient (Wildman–Crippen LogP) is 2.92. The molecule has 2 heterocycles. The van der Waals surface area contributed by atoms with Gasteiger partial charge in [0, 0.05) is 10.4 Å². The number of benzene rings is 1. The van der Waals surface area contributed by atoms with Crippen LogP contribution in [0.4, 0.5) is 0 Å². The maximum atomic E-state index is 12.5. The summed E-state index contributed by atoms with van der Waals surface area (Å²) in [6.45, 7) is 0.461. The lowest BCUT2D eigenvalue weighted by Gasteiger charge is -2.23. The Hall–Kier alpha value is -2.14. The second kappa shape index (κ2) is 5.09. The van der Waals surface area contributed by atoms with Gasteiger partial charge in [-0.1, -0.05) is 24.3 Å². The van der Waals surface area contributed by atoms with Gasteiger partial charge in [0.25, 0.3) is 5.91 Å². The van der Waals surface area contributed by atoms with E-state index in [0.29, 0.717) is 12.1 Å². The number of carboxylic acid groups (broad SMARTS) is 1. The molecule has 102 valence electrons. The molecule has 1 atom stereocenters. The summed E-state index contributed by atoms with van der Waals surface area (Å²) in [6.07, 6.45) is -0.0614. The summed E-state index contributed by atoms with van der Waals surface area (Å²) in [6, 6.07) is 10.8. The van der Waals surface area contributed by atoms with E-state index in [4.69, 9.17) is 5.11 Å². The zero-order chi connectivity index (χ0) is 14.1. The molecule has 1 aromatic carbocycles. The fourth-order valence-corrected chi connectivity index (χ4v) is 3.29. The van der Waals surface area contributed by atoms with Crippen molar-refractivity contribution in [3.8, 4) is 0 Å². The van der Waals surface area contributed by atoms with E-state index < -0.39 is 5.97 Å². The molecule has 1 N–H and O–H groups in total. The molecule has 0 saturated carbocycles. The first-order chi connectivity index (χ1) is 9.66. The van der Waals surface area contributed by atoms with Gasteiger partial charge in [0.05, 0.1) is 19.0 Å². The first-order valence-electron chi connectivity index (χ1n) is 6.31. The Morgan fingerprint density at radius 3 is 2.75 bits per heavy atom. The molecule has 0 bridgehead atoms. The molecular weight excluding hydrogens is 274 g/mol. The number of fused-ring (bicyclic) bond motifs is 1. The molecule has 3 rings (SSSR count). The van der Waals surface area contributed by atoms with Crippen molar-refractivity contribution in [3.63, 3.8) is 0 Å². The Bertz CT molecular complexity index is 651. The number of nitrogens with zero attached hydrogens (tertiary/aromatic N) is 1. The normalized spacial score (nSPS) is 17.3. The van der Waals surface area contributed by atoms with E-state index in [0.717, 1.165) is 10.4 Å². The van der Waals surface area contributed by atoms with Crippen LogP contribution < -0.4 is 0 Å². The summed E-state index contributed by atoms with van der Waals surface area (Å²) < 4.78 is 0. The van der Waals surface area contributed by atoms with Crippen molar-refractivity contribution in [3.05, 3.63) is 57.8 Å². The maximum Gasteiger partial charge on any atom is 0.305 e. The number of carboxylic acids is 1. The van der Waals surface area contributed by atoms with Gasteiger partial charge in [0.2, 0.25) is 0 Å². The molecule has 20 heavy (non-hydrogen) atoms. The molecule has 0 fully saturated rings. The average Bonchev–Trinajstić information content (AvgIpc) is 3.02. The lowest BCUT2D eigenvalue weighted by Crippen LogP contribution is -2.28. The van der Waals surface area contributed by atoms with Crippen LogP contribution in [0.1, 0.15) is 33.3 Å². The van der Waals surface area contributed by atoms with Crippen molar-refractivity contribution in [1.82, 2.24) is 4.90 Å². The quantitative estimate of drug-likeness (QED) is 0.940. The van der Waals surface area contributed by atoms with E-state index in [-0.39, 0.29) is 18.4 Å². The molecule has 5 heteroatoms. The molecule has 0 aliphatic carbocycles. The van der Waals surface area contributed by atoms with Crippen LogP contribution in [0.2, 0.25) is 0 Å². The Balaban J connectivity index is 1.96. The highest BCUT2D eigenvalue weighted by Crippen LogP contribution is 2.37. The fraction of sp³-hybridized carbons (Fsp3) is 0.200. The van der Waals surface area contributed by atoms with Crippen LogP contribution >= 0.6 is 11.3 Å². The van der Waals surface area contributed by atoms with Crippen LogP contribution in [0.25, 0.3) is 0 Å². The zero-order valence-electron chi connectivity index (χ0n) is 10.7. The van der Waals surface area contributed by atoms with Crippen molar-refractivity contribution in [2.24, 2.45) is 0 Å². The van der Waals surface area contributed by atoms with E-state index in [1.807, 2.05) is 35.7 Å². The van der Waals surface area contributed by atoms with Gasteiger partial charge in [0.1, 0.15) is 0 Å². The molecule has 4 nitrogen and oxygen atoms in total. The summed E-state index contributed by atoms with van der Waals surface area (Å²) in [5.74, 6) is -0.976. The number of carbonyl (C=O) groups excluding carboxylic acids is 1. The summed E-state index contributed by atoms with van der Waals surface area (Å²) in [5, 5.41) is 11.0. The van der Waals surface area contributed by atoms with Crippen molar-refractivity contribution in [2.75, 3.05) is 0 Å². The third-order valence-corrected chi connectivity index (χ3v) is 4.32. The largest absolute Gasteiger partial charge is 0.481 e. The molecular formula is C15H13NO3S. The number of amides is 1. The summed E-state index contributed by atoms with van der Waals surface area (Å²) in [4.78, 5) is 26.3. The molecule has 1 unspecified atom stereocenters. The number of rotatable bonds is 4. The number of carbonyl (C=O) groups is 2. The molecule has 1 amide bonds. The van der Waals surface area contributed by atoms with Crippen LogP contribution in [0.15, 0.2) is 41.8 Å². The molecule has 1 aliphatic heterocycles. The number of aliphatic carboxylic acids is 1. The lowest BCUT2D eigenvalue weighted by atomic mass is 10.0. The van der Waals surface area contributed by atoms with Crippen LogP contribution in [0.3, 0.4) is 0 Å². The molecule has 0 radical (unpaired) electrons. The monoisotopic (exact) mass is 287 g/mol. The molecule has 1 aliphatic rings. The first kappa shape index (κ1) is 12.9. The molecule has 0 saturated heterocycles. The highest BCUT2D eigenvalue weighted by molar-refractivity contribution is 7.09. The van der Waals surface area contributed by atoms with Crippen LogP contribution in [-0.4, -0.2) is 21.9 Å². The van der Waals surface area contributed by atoms with Crippen LogP contribution in [-0.2, 0) is 11.3 Å². The highest BCUT2D eigenvalue weighted by Gasteiger charge is 2.37. The van der Waals surface area contributed by atoms with Crippen LogP contribution in [0, 0.1) is 0 Å². The van der Waals surface area contributed by atoms with E-state index in [1.165, 1.54) is 0 Å². The average molecular weight is 287 g/mol. The number of thiophene rings is 1. The third-order valence-electron chi connectivity index (χ3n) is 3.46. The van der Waals surface area contributed by atoms with Crippen LogP contribution in [0.5, 0.6) is 0 Å². The van der Waals surface area contributed by atoms with Gasteiger partial charge in [0.15, 0.2) is 0 Å². The number of hydrogen-bond donors (Lipinski definition) is 1. The van der Waals surface area contributed by atoms with Gasteiger partial charge in [-0.05, 0) is 23.1 Å². The lowest BCUT2D eigenvalue weighted by molar-refractivity contribution is -0.138. The highest BCUT2D eigenvalue weighted by atomic mass is 32.1. The Morgan fingerprint density at radius 2 is 2.05 bits per heavy atom. The Kier molecular flexibility index (Phi) is 3.28. The summed E-state index contributed by atoms with van der Waals surface area (Å²) in [7, 11) is 0. The Labute approximate surface area is 120 Å². The van der Waals surface area contributed by atoms with Crippen molar-refractivity contribution in [2.45, 2.75) is 19.0 Å². The van der Waals surface area contributed by atoms with Crippen molar-refractivity contribution >= 4 is 23.2 Å². The standard InChI is InChI=1S/C15H13NO3S/c17-14(18)8-13-11-5-1-2-6-12(11)15(19)16(13)9-10-4-3-7-20-10/h1-7,13H,8-9H2,(H,17,18). The second-order valence-electron chi connectivity index (χ2n) is 4.71. The minimum absolute atomic E-state index is 0.0614. The fourth-order valence-electron chi connectivity index (χ4n) is 2.58. The maximum absolute atomic E-state index is 12.5. The van der Waals surface area contributed by atoms with E-state index in [1.54, 1.807) is 22.3 Å². The van der Waals surface area contributed by atoms with Gasteiger partial charge in [-0.3, -0.25) is 9.59 Å². The minimum Gasteiger partial charge on any atom is -0.481 e. The minimum atomic E-state index is -0.893. The zero-order valence-corrected chi connectivity index (χ0v) is 11.5. The van der Waals surface area contributed by atoms with Crippen molar-refractivity contribution in [1.29, 1.82) is 0 Å². The molecule has 1 aromatic heterocycles. The van der Waals surface area contributed by atoms with Gasteiger partial charge >= 0.3 is 5.97 Å². The SMILES string of the molecule is O=C(O)CC1c2ccccc2C(=O)N1Cc1cccs1. The van der Waals surface area contributed by atoms with Gasteiger partial charge in [-0.15, -0.1) is 11.3 Å². The smallest absolute Gasteiger partial charge is 0.305 e. The number of hydrogen-bond acceptors (Lipinski definition) is 3. The first-order valence-corrected chi connectivity index (χ1v) is 7.19. The predicted molar refractivity (Wildman–Crippen MR) is 75.6 cm³/mol.